The molecule has 2 aromatic rings. The fourth-order valence-corrected chi connectivity index (χ4v) is 2.71. The summed E-state index contributed by atoms with van der Waals surface area (Å²) in [5.41, 5.74) is 4.28. The van der Waals surface area contributed by atoms with Crippen molar-refractivity contribution < 1.29 is 0 Å². The van der Waals surface area contributed by atoms with Crippen LogP contribution in [0.2, 0.25) is 0 Å². The highest BCUT2D eigenvalue weighted by molar-refractivity contribution is 7.08. The molecule has 0 aliphatic carbocycles. The second-order valence-corrected chi connectivity index (χ2v) is 5.09. The van der Waals surface area contributed by atoms with Gasteiger partial charge in [0.05, 0.1) is 0 Å². The van der Waals surface area contributed by atoms with Crippen LogP contribution in [0.1, 0.15) is 23.1 Å². The maximum atomic E-state index is 3.51. The highest BCUT2D eigenvalue weighted by Gasteiger charge is 1.98. The van der Waals surface area contributed by atoms with Gasteiger partial charge in [-0.15, -0.1) is 0 Å². The van der Waals surface area contributed by atoms with E-state index in [-0.39, 0.29) is 0 Å². The Balaban J connectivity index is 1.63. The summed E-state index contributed by atoms with van der Waals surface area (Å²) in [6, 6.07) is 10.7. The molecule has 0 amide bonds. The zero-order chi connectivity index (χ0) is 11.9. The van der Waals surface area contributed by atoms with Crippen molar-refractivity contribution in [3.05, 3.63) is 57.8 Å². The van der Waals surface area contributed by atoms with Crippen molar-refractivity contribution in [1.82, 2.24) is 5.32 Å². The summed E-state index contributed by atoms with van der Waals surface area (Å²) in [6.07, 6.45) is 2.36. The van der Waals surface area contributed by atoms with Crippen LogP contribution in [-0.4, -0.2) is 6.54 Å². The van der Waals surface area contributed by atoms with Crippen LogP contribution in [0, 0.1) is 6.92 Å². The number of rotatable bonds is 6. The average molecular weight is 245 g/mol. The Hall–Kier alpha value is -1.12. The normalized spacial score (nSPS) is 10.6. The molecule has 0 radical (unpaired) electrons. The van der Waals surface area contributed by atoms with E-state index in [0.717, 1.165) is 19.5 Å². The van der Waals surface area contributed by atoms with Gasteiger partial charge in [0.2, 0.25) is 0 Å². The quantitative estimate of drug-likeness (QED) is 0.764. The molecule has 1 N–H and O–H groups in total. The Morgan fingerprint density at radius 3 is 2.65 bits per heavy atom. The third-order valence-corrected chi connectivity index (χ3v) is 3.85. The first-order valence-corrected chi connectivity index (χ1v) is 7.07. The van der Waals surface area contributed by atoms with Crippen molar-refractivity contribution in [3.8, 4) is 0 Å². The number of thiophene rings is 1. The Labute approximate surface area is 108 Å². The van der Waals surface area contributed by atoms with Crippen LogP contribution >= 0.6 is 11.3 Å². The first-order chi connectivity index (χ1) is 8.36. The van der Waals surface area contributed by atoms with Crippen LogP contribution in [-0.2, 0) is 13.0 Å². The highest BCUT2D eigenvalue weighted by Crippen LogP contribution is 2.12. The maximum Gasteiger partial charge on any atom is 0.0216 e. The standard InChI is InChI=1S/C15H19NS/c1-13-11-17-12-15(13)10-16-9-5-8-14-6-3-2-4-7-14/h2-4,6-7,11-12,16H,5,8-10H2,1H3. The largest absolute Gasteiger partial charge is 0.313 e. The molecule has 0 bridgehead atoms. The van der Waals surface area contributed by atoms with Crippen molar-refractivity contribution in [3.63, 3.8) is 0 Å². The van der Waals surface area contributed by atoms with Gasteiger partial charge >= 0.3 is 0 Å². The molecule has 2 heteroatoms. The van der Waals surface area contributed by atoms with Gasteiger partial charge in [0, 0.05) is 6.54 Å². The minimum absolute atomic E-state index is 1.00. The van der Waals surface area contributed by atoms with Gasteiger partial charge in [-0.25, -0.2) is 0 Å². The molecular weight excluding hydrogens is 226 g/mol. The average Bonchev–Trinajstić information content (AvgIpc) is 2.76. The molecule has 0 unspecified atom stereocenters. The lowest BCUT2D eigenvalue weighted by Gasteiger charge is -2.04. The summed E-state index contributed by atoms with van der Waals surface area (Å²) >= 11 is 1.79. The lowest BCUT2D eigenvalue weighted by atomic mass is 10.1. The highest BCUT2D eigenvalue weighted by atomic mass is 32.1. The molecule has 0 saturated carbocycles. The van der Waals surface area contributed by atoms with Crippen molar-refractivity contribution in [1.29, 1.82) is 0 Å². The third kappa shape index (κ3) is 3.99. The van der Waals surface area contributed by atoms with Gasteiger partial charge in [-0.3, -0.25) is 0 Å². The van der Waals surface area contributed by atoms with Crippen molar-refractivity contribution in [2.24, 2.45) is 0 Å². The maximum absolute atomic E-state index is 3.51. The van der Waals surface area contributed by atoms with Gasteiger partial charge in [0.15, 0.2) is 0 Å². The molecule has 1 heterocycles. The van der Waals surface area contributed by atoms with Gasteiger partial charge < -0.3 is 5.32 Å². The molecule has 90 valence electrons. The van der Waals surface area contributed by atoms with Crippen LogP contribution < -0.4 is 5.32 Å². The minimum Gasteiger partial charge on any atom is -0.313 e. The lowest BCUT2D eigenvalue weighted by Crippen LogP contribution is -2.15. The van der Waals surface area contributed by atoms with E-state index < -0.39 is 0 Å². The number of nitrogens with one attached hydrogen (secondary N) is 1. The van der Waals surface area contributed by atoms with Gasteiger partial charge in [0.25, 0.3) is 0 Å². The molecule has 0 atom stereocenters. The number of aryl methyl sites for hydroxylation is 2. The van der Waals surface area contributed by atoms with Crippen LogP contribution in [0.5, 0.6) is 0 Å². The Kier molecular flexibility index (Phi) is 4.77. The van der Waals surface area contributed by atoms with Crippen LogP contribution in [0.4, 0.5) is 0 Å². The predicted octanol–water partition coefficient (Wildman–Crippen LogP) is 3.78. The molecule has 17 heavy (non-hydrogen) atoms. The van der Waals surface area contributed by atoms with E-state index in [0.29, 0.717) is 0 Å². The first kappa shape index (κ1) is 12.3. The van der Waals surface area contributed by atoms with Crippen LogP contribution in [0.15, 0.2) is 41.1 Å². The third-order valence-electron chi connectivity index (χ3n) is 2.94. The molecule has 0 saturated heterocycles. The molecule has 2 rings (SSSR count). The van der Waals surface area contributed by atoms with Crippen LogP contribution in [0.3, 0.4) is 0 Å². The van der Waals surface area contributed by atoms with Gasteiger partial charge in [-0.1, -0.05) is 30.3 Å². The molecule has 1 aromatic carbocycles. The van der Waals surface area contributed by atoms with E-state index in [9.17, 15) is 0 Å². The Morgan fingerprint density at radius 2 is 1.94 bits per heavy atom. The fraction of sp³-hybridized carbons (Fsp3) is 0.333. The van der Waals surface area contributed by atoms with Gasteiger partial charge in [-0.05, 0) is 53.8 Å². The van der Waals surface area contributed by atoms with Crippen molar-refractivity contribution in [2.75, 3.05) is 6.54 Å². The van der Waals surface area contributed by atoms with E-state index in [1.807, 2.05) is 0 Å². The van der Waals surface area contributed by atoms with Crippen LogP contribution in [0.25, 0.3) is 0 Å². The van der Waals surface area contributed by atoms with E-state index in [1.165, 1.54) is 23.1 Å². The van der Waals surface area contributed by atoms with E-state index in [4.69, 9.17) is 0 Å². The predicted molar refractivity (Wildman–Crippen MR) is 75.5 cm³/mol. The fourth-order valence-electron chi connectivity index (χ4n) is 1.85. The second-order valence-electron chi connectivity index (χ2n) is 4.35. The molecule has 1 nitrogen and oxygen atoms in total. The SMILES string of the molecule is Cc1cscc1CNCCCc1ccccc1. The Bertz CT molecular complexity index is 433. The first-order valence-electron chi connectivity index (χ1n) is 6.12. The Morgan fingerprint density at radius 1 is 1.12 bits per heavy atom. The summed E-state index contributed by atoms with van der Waals surface area (Å²) in [5.74, 6) is 0. The monoisotopic (exact) mass is 245 g/mol. The summed E-state index contributed by atoms with van der Waals surface area (Å²) < 4.78 is 0. The van der Waals surface area contributed by atoms with Gasteiger partial charge in [-0.2, -0.15) is 11.3 Å². The van der Waals surface area contributed by atoms with Gasteiger partial charge in [0.1, 0.15) is 0 Å². The molecule has 0 aliphatic rings. The molecular formula is C15H19NS. The zero-order valence-corrected chi connectivity index (χ0v) is 11.1. The minimum atomic E-state index is 1.00. The van der Waals surface area contributed by atoms with Crippen molar-refractivity contribution >= 4 is 11.3 Å². The zero-order valence-electron chi connectivity index (χ0n) is 10.3. The summed E-state index contributed by atoms with van der Waals surface area (Å²) in [6.45, 7) is 4.27. The van der Waals surface area contributed by atoms with E-state index in [2.05, 4.69) is 53.3 Å². The summed E-state index contributed by atoms with van der Waals surface area (Å²) in [7, 11) is 0. The molecule has 1 aromatic heterocycles. The number of benzene rings is 1. The number of hydrogen-bond donors (Lipinski definition) is 1. The van der Waals surface area contributed by atoms with Crippen molar-refractivity contribution in [2.45, 2.75) is 26.3 Å². The summed E-state index contributed by atoms with van der Waals surface area (Å²) in [5, 5.41) is 7.95. The number of hydrogen-bond acceptors (Lipinski definition) is 2. The topological polar surface area (TPSA) is 12.0 Å². The molecule has 0 fully saturated rings. The summed E-state index contributed by atoms with van der Waals surface area (Å²) in [4.78, 5) is 0. The second kappa shape index (κ2) is 6.58. The van der Waals surface area contributed by atoms with E-state index in [1.54, 1.807) is 11.3 Å². The lowest BCUT2D eigenvalue weighted by molar-refractivity contribution is 0.649. The van der Waals surface area contributed by atoms with E-state index >= 15 is 0 Å². The smallest absolute Gasteiger partial charge is 0.0216 e. The molecule has 0 spiro atoms. The molecule has 0 aliphatic heterocycles.